The normalized spacial score (nSPS) is 33.3. The quantitative estimate of drug-likeness (QED) is 0.0582. The second-order valence-corrected chi connectivity index (χ2v) is 31.7. The van der Waals surface area contributed by atoms with Crippen LogP contribution in [0.15, 0.2) is 121 Å². The fourth-order valence-electron chi connectivity index (χ4n) is 16.0. The molecule has 0 radical (unpaired) electrons. The van der Waals surface area contributed by atoms with Crippen molar-refractivity contribution in [2.75, 3.05) is 20.3 Å². The molecule has 0 saturated carbocycles. The van der Waals surface area contributed by atoms with E-state index in [0.717, 1.165) is 67.8 Å². The summed E-state index contributed by atoms with van der Waals surface area (Å²) in [6.07, 6.45) is -37.1. The van der Waals surface area contributed by atoms with Crippen LogP contribution in [0.1, 0.15) is 107 Å². The van der Waals surface area contributed by atoms with E-state index in [1.165, 1.54) is 81.4 Å². The van der Waals surface area contributed by atoms with Crippen molar-refractivity contribution in [1.29, 1.82) is 0 Å². The third-order valence-corrected chi connectivity index (χ3v) is 23.3. The van der Waals surface area contributed by atoms with Crippen LogP contribution in [0.5, 0.6) is 69.0 Å². The Hall–Kier alpha value is -11.8. The van der Waals surface area contributed by atoms with E-state index in [9.17, 15) is 91.3 Å². The molecule has 43 heteroatoms. The molecule has 26 N–H and O–H groups in total. The van der Waals surface area contributed by atoms with Crippen molar-refractivity contribution in [3.05, 3.63) is 166 Å². The number of nitrogens with two attached hydrogens (primary N) is 2. The Balaban J connectivity index is 0.966. The van der Waals surface area contributed by atoms with Gasteiger partial charge in [-0.05, 0) is 133 Å². The van der Waals surface area contributed by atoms with Gasteiger partial charge in [0, 0.05) is 40.8 Å². The van der Waals surface area contributed by atoms with Crippen LogP contribution in [0.25, 0.3) is 11.1 Å². The number of ether oxygens (including phenoxy) is 12. The number of aliphatic hydroxyl groups excluding tert-OH is 12. The molecule has 10 aliphatic rings. The van der Waals surface area contributed by atoms with Crippen LogP contribution < -0.4 is 67.1 Å². The number of aromatic hydroxyl groups is 4. The Bertz CT molecular complexity index is 5330. The summed E-state index contributed by atoms with van der Waals surface area (Å²) in [6.45, 7) is 2.35. The molecule has 10 heterocycles. The number of carbonyl (C=O) groups excluding carboxylic acids is 7. The van der Waals surface area contributed by atoms with Gasteiger partial charge in [-0.1, -0.05) is 36.4 Å². The largest absolute Gasteiger partial charge is 0.508 e. The van der Waals surface area contributed by atoms with Crippen molar-refractivity contribution < 1.29 is 172 Å². The molecule has 0 unspecified atom stereocenters. The van der Waals surface area contributed by atoms with E-state index in [0.29, 0.717) is 0 Å². The van der Waals surface area contributed by atoms with Gasteiger partial charge in [0.1, 0.15) is 156 Å². The Labute approximate surface area is 718 Å². The molecular weight excluding hydrogens is 1680 g/mol. The van der Waals surface area contributed by atoms with Gasteiger partial charge >= 0.3 is 5.97 Å². The average molecular weight is 1770 g/mol. The number of esters is 1. The van der Waals surface area contributed by atoms with Crippen LogP contribution in [0.2, 0.25) is 0 Å². The van der Waals surface area contributed by atoms with Crippen LogP contribution in [0.3, 0.4) is 0 Å². The molecule has 28 atom stereocenters. The summed E-state index contributed by atoms with van der Waals surface area (Å²) in [7, 11) is 0.901. The van der Waals surface area contributed by atoms with E-state index in [1.807, 2.05) is 0 Å². The minimum absolute atomic E-state index is 0.0198. The van der Waals surface area contributed by atoms with Crippen LogP contribution >= 0.6 is 0 Å². The number of methoxy groups -OCH3 is 1. The van der Waals surface area contributed by atoms with Crippen LogP contribution in [0, 0.1) is 6.92 Å². The minimum atomic E-state index is -2.46. The van der Waals surface area contributed by atoms with Gasteiger partial charge in [0.15, 0.2) is 41.6 Å². The molecule has 17 rings (SSSR count). The number of benzene rings is 7. The Morgan fingerprint density at radius 1 is 0.465 bits per heavy atom. The lowest BCUT2D eigenvalue weighted by atomic mass is 9.89. The maximum absolute atomic E-state index is 16.9. The highest BCUT2D eigenvalue weighted by atomic mass is 16.7. The molecule has 678 valence electrons. The van der Waals surface area contributed by atoms with Crippen molar-refractivity contribution in [1.82, 2.24) is 31.9 Å². The van der Waals surface area contributed by atoms with E-state index in [-0.39, 0.29) is 51.7 Å². The zero-order valence-electron chi connectivity index (χ0n) is 67.4. The number of nitrogens with one attached hydrogen (secondary N) is 6. The molecule has 7 aromatic rings. The summed E-state index contributed by atoms with van der Waals surface area (Å²) < 4.78 is 74.0. The number of phenols is 4. The van der Waals surface area contributed by atoms with Crippen molar-refractivity contribution in [3.63, 3.8) is 0 Å². The predicted molar refractivity (Wildman–Crippen MR) is 424 cm³/mol. The fourth-order valence-corrected chi connectivity index (χ4v) is 16.0. The molecule has 0 spiro atoms. The first kappa shape index (κ1) is 90.0. The van der Waals surface area contributed by atoms with E-state index < -0.39 is 305 Å². The zero-order chi connectivity index (χ0) is 90.9. The van der Waals surface area contributed by atoms with E-state index in [4.69, 9.17) is 68.3 Å². The number of carbonyl (C=O) groups is 7. The topological polar surface area (TPSA) is 678 Å². The molecule has 127 heavy (non-hydrogen) atoms. The number of hydrogen-bond acceptors (Lipinski definition) is 37. The Morgan fingerprint density at radius 2 is 0.984 bits per heavy atom. The van der Waals surface area contributed by atoms with Gasteiger partial charge in [0.05, 0.1) is 38.6 Å². The average Bonchev–Trinajstić information content (AvgIpc) is 0.744. The molecule has 7 aromatic carbocycles. The van der Waals surface area contributed by atoms with Gasteiger partial charge in [0.2, 0.25) is 53.8 Å². The highest BCUT2D eigenvalue weighted by Crippen LogP contribution is 2.50. The van der Waals surface area contributed by atoms with Gasteiger partial charge in [-0.2, -0.15) is 0 Å². The standard InChI is InChI=1S/C84H92N8O35/c1-28-45(97)18-35-20-46(28)122-47-19-33(9-16-44(47)96)55(86)75(109)91-60-64(100)31-5-11-38(12-6-31)120-49-21-36-22-50(74(49)127-84-72(108)69(105)66(102)52(125-84)27-117-82-70(106)67(103)63(99)30(3)119-82)121-39-13-7-32(8-14-39)73(126-53-25-42(85)62(98)29(2)118-53)61-80(114)90-59(81(115)116-4)41-23-37(94)24-48(123-83-71(107)68(104)65(101)51(26-93)124-83)54(41)40-17-34(10-15-43(40)95)56(76(110)92-61)87-78(112)58(36)88-77(111)57(35)89-79(60)113/h5-24,29-30,42,51-53,55-73,82-84,93-108H,25-27,85-86H2,1-4H3,(H,87,112)(H,88,111)(H,89,113)(H,90,114)(H,91,109)(H,92,110)/t29-,30-,42-,51-,52+,53+,55-,56-,57-,58-,59+,60+,61+,62+,63+,64-,65-,66+,67+,68+,69+,70-,71-,72+,73-,82-,83+,84-/m0/s1. The second kappa shape index (κ2) is 36.5. The smallest absolute Gasteiger partial charge is 0.333 e. The van der Waals surface area contributed by atoms with Gasteiger partial charge in [-0.25, -0.2) is 4.79 Å². The molecule has 6 amide bonds. The summed E-state index contributed by atoms with van der Waals surface area (Å²) in [5.74, 6) is -16.2. The predicted octanol–water partition coefficient (Wildman–Crippen LogP) is -2.79. The molecule has 4 fully saturated rings. The third-order valence-electron chi connectivity index (χ3n) is 23.3. The number of phenolic OH excluding ortho intramolecular Hbond substituents is 4. The van der Waals surface area contributed by atoms with Crippen LogP contribution in [0.4, 0.5) is 0 Å². The Kier molecular flexibility index (Phi) is 25.9. The number of fused-ring (bicyclic) bond motifs is 14. The summed E-state index contributed by atoms with van der Waals surface area (Å²) in [4.78, 5) is 111. The summed E-state index contributed by atoms with van der Waals surface area (Å²) in [5.41, 5.74) is 9.79. The van der Waals surface area contributed by atoms with Crippen LogP contribution in [-0.4, -0.2) is 272 Å². The lowest BCUT2D eigenvalue weighted by molar-refractivity contribution is -0.318. The molecule has 0 aliphatic carbocycles. The molecule has 4 saturated heterocycles. The molecule has 0 aromatic heterocycles. The Morgan fingerprint density at radius 3 is 1.62 bits per heavy atom. The number of aliphatic hydroxyl groups is 12. The van der Waals surface area contributed by atoms with Crippen molar-refractivity contribution in [2.45, 2.75) is 198 Å². The summed E-state index contributed by atoms with van der Waals surface area (Å²) in [6, 6.07) is 5.99. The lowest BCUT2D eigenvalue weighted by Crippen LogP contribution is -2.61. The first-order chi connectivity index (χ1) is 60.4. The van der Waals surface area contributed by atoms with E-state index >= 15 is 24.0 Å². The molecule has 43 nitrogen and oxygen atoms in total. The number of amides is 6. The van der Waals surface area contributed by atoms with Gasteiger partial charge in [0.25, 0.3) is 0 Å². The highest BCUT2D eigenvalue weighted by Gasteiger charge is 2.52. The summed E-state index contributed by atoms with van der Waals surface area (Å²) >= 11 is 0. The third kappa shape index (κ3) is 17.9. The molecular formula is C84H92N8O35. The summed E-state index contributed by atoms with van der Waals surface area (Å²) in [5, 5.41) is 198. The first-order valence-corrected chi connectivity index (χ1v) is 40.0. The van der Waals surface area contributed by atoms with Crippen molar-refractivity contribution in [3.8, 4) is 80.1 Å². The van der Waals surface area contributed by atoms with Crippen molar-refractivity contribution >= 4 is 41.4 Å². The van der Waals surface area contributed by atoms with Crippen molar-refractivity contribution in [2.24, 2.45) is 11.5 Å². The maximum atomic E-state index is 16.9. The fraction of sp³-hybridized carbons (Fsp3) is 0.417. The van der Waals surface area contributed by atoms with E-state index in [2.05, 4.69) is 31.9 Å². The van der Waals surface area contributed by atoms with Gasteiger partial charge < -0.3 is 182 Å². The first-order valence-electron chi connectivity index (χ1n) is 40.0. The molecule has 17 bridgehead atoms. The van der Waals surface area contributed by atoms with Gasteiger partial charge in [-0.15, -0.1) is 0 Å². The lowest BCUT2D eigenvalue weighted by Gasteiger charge is -2.42. The highest BCUT2D eigenvalue weighted by molar-refractivity contribution is 6.00. The zero-order valence-corrected chi connectivity index (χ0v) is 67.4. The SMILES string of the molecule is COC(=O)[C@@H]1NC(=O)[C@@H]2NC(=O)[C@@H](NC(=O)[C@H]3NC(=O)[C@H]4NC(=O)[C@H](NC(=O)[C@@H](N)c5ccc(O)c(c5)Oc5cc4cc(O)c5C)[C@@H](O)c4ccc(cc4)Oc4cc3cc(c4O[C@@H]3O[C@H](CO[C@H]4O[C@@H](C)[C@@H](O)[C@@H](O)[C@@H]4O)[C@@H](O)[C@@H](O)[C@H]3O)Oc3ccc(cc3)[C@@H]2O[C@@H]2C[C@H](N)[C@H](O)[C@H](C)O2)c2ccc(O)c(c2)-c2c(O[C@@H]3O[C@@H](CO)[C@H](O)[C@@H](O)[C@@H]3O)cc(O)cc21. The van der Waals surface area contributed by atoms with E-state index in [1.54, 1.807) is 0 Å². The minimum Gasteiger partial charge on any atom is -0.508 e. The second-order valence-electron chi connectivity index (χ2n) is 31.7. The monoisotopic (exact) mass is 1770 g/mol. The maximum Gasteiger partial charge on any atom is 0.333 e. The number of hydrogen-bond donors (Lipinski definition) is 24. The number of rotatable bonds is 11. The van der Waals surface area contributed by atoms with Crippen LogP contribution in [-0.2, 0) is 66.7 Å². The van der Waals surface area contributed by atoms with Gasteiger partial charge in [-0.3, -0.25) is 28.8 Å². The molecule has 10 aliphatic heterocycles.